The number of morpholine rings is 1. The molecule has 138 valence electrons. The van der Waals surface area contributed by atoms with E-state index in [-0.39, 0.29) is 23.5 Å². The minimum atomic E-state index is -3.80. The molecule has 1 aliphatic heterocycles. The molecule has 1 heterocycles. The summed E-state index contributed by atoms with van der Waals surface area (Å²) < 4.78 is 32.4. The maximum atomic E-state index is 12.9. The molecule has 0 radical (unpaired) electrons. The van der Waals surface area contributed by atoms with Gasteiger partial charge in [-0.15, -0.1) is 0 Å². The van der Waals surface area contributed by atoms with Crippen LogP contribution in [0.15, 0.2) is 47.4 Å². The van der Waals surface area contributed by atoms with Crippen molar-refractivity contribution in [3.63, 3.8) is 0 Å². The van der Waals surface area contributed by atoms with Crippen LogP contribution in [0.2, 0.25) is 10.0 Å². The number of ether oxygens (including phenoxy) is 1. The Labute approximate surface area is 161 Å². The van der Waals surface area contributed by atoms with Crippen molar-refractivity contribution in [1.29, 1.82) is 0 Å². The lowest BCUT2D eigenvalue weighted by molar-refractivity contribution is 0.0730. The van der Waals surface area contributed by atoms with Gasteiger partial charge in [-0.3, -0.25) is 4.79 Å². The summed E-state index contributed by atoms with van der Waals surface area (Å²) >= 11 is 11.8. The Morgan fingerprint density at radius 3 is 2.42 bits per heavy atom. The number of carbonyl (C=O) groups excluding carboxylic acids is 1. The fourth-order valence-electron chi connectivity index (χ4n) is 2.58. The first-order valence-electron chi connectivity index (χ1n) is 7.83. The van der Waals surface area contributed by atoms with Crippen LogP contribution < -0.4 is 5.32 Å². The van der Waals surface area contributed by atoms with Crippen molar-refractivity contribution in [2.24, 2.45) is 0 Å². The van der Waals surface area contributed by atoms with E-state index in [4.69, 9.17) is 27.9 Å². The van der Waals surface area contributed by atoms with E-state index >= 15 is 0 Å². The minimum Gasteiger partial charge on any atom is -0.379 e. The van der Waals surface area contributed by atoms with Crippen LogP contribution in [0.5, 0.6) is 0 Å². The maximum Gasteiger partial charge on any atom is 0.257 e. The summed E-state index contributed by atoms with van der Waals surface area (Å²) in [6, 6.07) is 10.7. The molecule has 1 saturated heterocycles. The summed E-state index contributed by atoms with van der Waals surface area (Å²) in [5.41, 5.74) is 0.480. The van der Waals surface area contributed by atoms with E-state index < -0.39 is 15.9 Å². The molecule has 2 aromatic rings. The summed E-state index contributed by atoms with van der Waals surface area (Å²) in [5.74, 6) is -0.546. The summed E-state index contributed by atoms with van der Waals surface area (Å²) in [7, 11) is -3.80. The highest BCUT2D eigenvalue weighted by molar-refractivity contribution is 7.89. The Morgan fingerprint density at radius 2 is 1.73 bits per heavy atom. The first kappa shape index (κ1) is 19.1. The summed E-state index contributed by atoms with van der Waals surface area (Å²) in [6.07, 6.45) is 0. The normalized spacial score (nSPS) is 15.6. The van der Waals surface area contributed by atoms with Crippen LogP contribution in [0.1, 0.15) is 10.4 Å². The molecule has 0 unspecified atom stereocenters. The van der Waals surface area contributed by atoms with Gasteiger partial charge >= 0.3 is 0 Å². The first-order valence-corrected chi connectivity index (χ1v) is 10.0. The van der Waals surface area contributed by atoms with Crippen molar-refractivity contribution >= 4 is 44.8 Å². The molecule has 0 bridgehead atoms. The van der Waals surface area contributed by atoms with Crippen LogP contribution in [-0.2, 0) is 14.8 Å². The van der Waals surface area contributed by atoms with Gasteiger partial charge in [0.05, 0.1) is 33.7 Å². The van der Waals surface area contributed by atoms with E-state index in [1.165, 1.54) is 22.5 Å². The molecule has 0 aliphatic carbocycles. The fourth-order valence-corrected chi connectivity index (χ4v) is 4.47. The summed E-state index contributed by atoms with van der Waals surface area (Å²) in [4.78, 5) is 12.6. The molecular weight excluding hydrogens is 399 g/mol. The van der Waals surface area contributed by atoms with E-state index in [0.717, 1.165) is 0 Å². The van der Waals surface area contributed by atoms with E-state index in [1.807, 2.05) is 0 Å². The Hall–Kier alpha value is -1.64. The number of anilines is 1. The van der Waals surface area contributed by atoms with Crippen LogP contribution in [0, 0.1) is 0 Å². The standard InChI is InChI=1S/C17H16Cl2N2O4S/c18-14-6-5-12(11-15(14)19)20-17(22)13-3-1-2-4-16(13)26(23,24)21-7-9-25-10-8-21/h1-6,11H,7-10H2,(H,20,22). The number of rotatable bonds is 4. The number of benzene rings is 2. The molecule has 2 aromatic carbocycles. The smallest absolute Gasteiger partial charge is 0.257 e. The van der Waals surface area contributed by atoms with Gasteiger partial charge in [0.2, 0.25) is 10.0 Å². The van der Waals surface area contributed by atoms with Crippen molar-refractivity contribution in [2.75, 3.05) is 31.6 Å². The molecule has 26 heavy (non-hydrogen) atoms. The van der Waals surface area contributed by atoms with Crippen molar-refractivity contribution in [3.05, 3.63) is 58.1 Å². The molecule has 6 nitrogen and oxygen atoms in total. The third kappa shape index (κ3) is 4.02. The Morgan fingerprint density at radius 1 is 1.04 bits per heavy atom. The predicted molar refractivity (Wildman–Crippen MR) is 100 cm³/mol. The van der Waals surface area contributed by atoms with Gasteiger partial charge in [0.25, 0.3) is 5.91 Å². The molecule has 1 fully saturated rings. The topological polar surface area (TPSA) is 75.7 Å². The lowest BCUT2D eigenvalue weighted by atomic mass is 10.2. The highest BCUT2D eigenvalue weighted by Gasteiger charge is 2.30. The summed E-state index contributed by atoms with van der Waals surface area (Å²) in [6.45, 7) is 1.17. The van der Waals surface area contributed by atoms with Gasteiger partial charge in [0, 0.05) is 18.8 Å². The largest absolute Gasteiger partial charge is 0.379 e. The highest BCUT2D eigenvalue weighted by atomic mass is 35.5. The number of halogens is 2. The van der Waals surface area contributed by atoms with E-state index in [9.17, 15) is 13.2 Å². The Kier molecular flexibility index (Phi) is 5.84. The molecule has 0 aromatic heterocycles. The van der Waals surface area contributed by atoms with Gasteiger partial charge in [0.15, 0.2) is 0 Å². The predicted octanol–water partition coefficient (Wildman–Crippen LogP) is 3.27. The quantitative estimate of drug-likeness (QED) is 0.832. The van der Waals surface area contributed by atoms with E-state index in [1.54, 1.807) is 24.3 Å². The molecule has 1 N–H and O–H groups in total. The molecule has 3 rings (SSSR count). The van der Waals surface area contributed by atoms with Crippen LogP contribution in [0.3, 0.4) is 0 Å². The fraction of sp³-hybridized carbons (Fsp3) is 0.235. The van der Waals surface area contributed by atoms with Crippen molar-refractivity contribution < 1.29 is 17.9 Å². The minimum absolute atomic E-state index is 0.0422. The Balaban J connectivity index is 1.91. The Bertz CT molecular complexity index is 928. The molecular formula is C17H16Cl2N2O4S. The first-order chi connectivity index (χ1) is 12.4. The average molecular weight is 415 g/mol. The van der Waals surface area contributed by atoms with Crippen LogP contribution in [-0.4, -0.2) is 44.9 Å². The number of nitrogens with zero attached hydrogens (tertiary/aromatic N) is 1. The SMILES string of the molecule is O=C(Nc1ccc(Cl)c(Cl)c1)c1ccccc1S(=O)(=O)N1CCOCC1. The third-order valence-corrected chi connectivity index (χ3v) is 6.59. The molecule has 0 saturated carbocycles. The van der Waals surface area contributed by atoms with Crippen molar-refractivity contribution in [3.8, 4) is 0 Å². The number of nitrogens with one attached hydrogen (secondary N) is 1. The third-order valence-electron chi connectivity index (χ3n) is 3.90. The van der Waals surface area contributed by atoms with E-state index in [2.05, 4.69) is 5.32 Å². The highest BCUT2D eigenvalue weighted by Crippen LogP contribution is 2.26. The summed E-state index contributed by atoms with van der Waals surface area (Å²) in [5, 5.41) is 3.30. The second-order valence-corrected chi connectivity index (χ2v) is 8.32. The van der Waals surface area contributed by atoms with Gasteiger partial charge in [-0.2, -0.15) is 4.31 Å². The molecule has 0 spiro atoms. The van der Waals surface area contributed by atoms with Crippen LogP contribution >= 0.6 is 23.2 Å². The zero-order valence-electron chi connectivity index (χ0n) is 13.6. The van der Waals surface area contributed by atoms with Gasteiger partial charge < -0.3 is 10.1 Å². The van der Waals surface area contributed by atoms with Crippen LogP contribution in [0.25, 0.3) is 0 Å². The molecule has 9 heteroatoms. The lowest BCUT2D eigenvalue weighted by Gasteiger charge is -2.26. The molecule has 1 aliphatic rings. The number of hydrogen-bond acceptors (Lipinski definition) is 4. The van der Waals surface area contributed by atoms with Gasteiger partial charge in [0.1, 0.15) is 0 Å². The number of hydrogen-bond donors (Lipinski definition) is 1. The van der Waals surface area contributed by atoms with E-state index in [0.29, 0.717) is 28.9 Å². The average Bonchev–Trinajstić information content (AvgIpc) is 2.65. The number of amides is 1. The second kappa shape index (κ2) is 7.94. The van der Waals surface area contributed by atoms with Crippen molar-refractivity contribution in [1.82, 2.24) is 4.31 Å². The number of carbonyl (C=O) groups is 1. The monoisotopic (exact) mass is 414 g/mol. The zero-order valence-corrected chi connectivity index (χ0v) is 15.9. The van der Waals surface area contributed by atoms with Crippen LogP contribution in [0.4, 0.5) is 5.69 Å². The molecule has 0 atom stereocenters. The zero-order chi connectivity index (χ0) is 18.7. The molecule has 1 amide bonds. The van der Waals surface area contributed by atoms with Gasteiger partial charge in [-0.1, -0.05) is 35.3 Å². The lowest BCUT2D eigenvalue weighted by Crippen LogP contribution is -2.41. The second-order valence-electron chi connectivity index (χ2n) is 5.60. The van der Waals surface area contributed by atoms with Gasteiger partial charge in [-0.05, 0) is 30.3 Å². The number of sulfonamides is 1. The van der Waals surface area contributed by atoms with Crippen molar-refractivity contribution in [2.45, 2.75) is 4.90 Å². The maximum absolute atomic E-state index is 12.9. The van der Waals surface area contributed by atoms with Gasteiger partial charge in [-0.25, -0.2) is 8.42 Å².